The quantitative estimate of drug-likeness (QED) is 0.789. The fourth-order valence-corrected chi connectivity index (χ4v) is 3.13. The maximum atomic E-state index is 12.4. The molecular formula is C20H23N3O4. The van der Waals surface area contributed by atoms with Gasteiger partial charge in [-0.05, 0) is 24.5 Å². The van der Waals surface area contributed by atoms with Crippen LogP contribution in [0.3, 0.4) is 0 Å². The molecule has 0 radical (unpaired) electrons. The van der Waals surface area contributed by atoms with Crippen molar-refractivity contribution in [3.05, 3.63) is 59.3 Å². The van der Waals surface area contributed by atoms with Gasteiger partial charge >= 0.3 is 6.09 Å². The first kappa shape index (κ1) is 18.7. The van der Waals surface area contributed by atoms with Crippen LogP contribution in [0.2, 0.25) is 0 Å². The van der Waals surface area contributed by atoms with Gasteiger partial charge in [0, 0.05) is 23.2 Å². The molecule has 2 aromatic rings. The molecule has 1 heterocycles. The summed E-state index contributed by atoms with van der Waals surface area (Å²) < 4.78 is 10.3. The highest BCUT2D eigenvalue weighted by atomic mass is 16.6. The van der Waals surface area contributed by atoms with Crippen LogP contribution in [0, 0.1) is 0 Å². The molecule has 1 aromatic carbocycles. The smallest absolute Gasteiger partial charge is 0.426 e. The van der Waals surface area contributed by atoms with Crippen molar-refractivity contribution >= 4 is 12.0 Å². The molecule has 7 nitrogen and oxygen atoms in total. The molecule has 1 aromatic heterocycles. The average Bonchev–Trinajstić information content (AvgIpc) is 3.25. The summed E-state index contributed by atoms with van der Waals surface area (Å²) in [5, 5.41) is 0. The first-order valence-corrected chi connectivity index (χ1v) is 8.98. The summed E-state index contributed by atoms with van der Waals surface area (Å²) in [4.78, 5) is 28.6. The highest BCUT2D eigenvalue weighted by Gasteiger charge is 2.21. The van der Waals surface area contributed by atoms with E-state index in [1.807, 2.05) is 30.3 Å². The van der Waals surface area contributed by atoms with E-state index >= 15 is 0 Å². The molecule has 1 aliphatic carbocycles. The number of carbonyl (C=O) groups is 2. The molecule has 1 aliphatic rings. The maximum Gasteiger partial charge on any atom is 0.426 e. The standard InChI is InChI=1S/C20H23N3O4/c1-26-18-12-16(11-17(21-18)15-9-5-6-10-15)19(24)22-23-20(25)27-13-14-7-3-2-4-8-14/h2-4,7-8,11-12,15H,5-6,9-10,13H2,1H3,(H,22,24)(H,23,25). The van der Waals surface area contributed by atoms with Crippen LogP contribution in [0.15, 0.2) is 42.5 Å². The molecule has 1 saturated carbocycles. The predicted molar refractivity (Wildman–Crippen MR) is 99.2 cm³/mol. The second kappa shape index (κ2) is 9.02. The van der Waals surface area contributed by atoms with Crippen molar-refractivity contribution in [1.82, 2.24) is 15.8 Å². The molecule has 0 atom stereocenters. The van der Waals surface area contributed by atoms with E-state index in [1.54, 1.807) is 12.1 Å². The number of carbonyl (C=O) groups excluding carboxylic acids is 2. The van der Waals surface area contributed by atoms with Crippen LogP contribution in [-0.2, 0) is 11.3 Å². The zero-order valence-corrected chi connectivity index (χ0v) is 15.2. The number of rotatable bonds is 5. The normalized spacial score (nSPS) is 13.8. The first-order valence-electron chi connectivity index (χ1n) is 8.98. The molecule has 142 valence electrons. The average molecular weight is 369 g/mol. The first-order chi connectivity index (χ1) is 13.2. The van der Waals surface area contributed by atoms with E-state index in [9.17, 15) is 9.59 Å². The lowest BCUT2D eigenvalue weighted by Crippen LogP contribution is -2.41. The number of ether oxygens (including phenoxy) is 2. The monoisotopic (exact) mass is 369 g/mol. The van der Waals surface area contributed by atoms with E-state index in [-0.39, 0.29) is 6.61 Å². The van der Waals surface area contributed by atoms with E-state index in [1.165, 1.54) is 20.0 Å². The SMILES string of the molecule is COc1cc(C(=O)NNC(=O)OCc2ccccc2)cc(C2CCCC2)n1. The Kier molecular flexibility index (Phi) is 6.25. The molecule has 0 unspecified atom stereocenters. The minimum absolute atomic E-state index is 0.122. The lowest BCUT2D eigenvalue weighted by molar-refractivity contribution is 0.0904. The van der Waals surface area contributed by atoms with Crippen LogP contribution in [0.4, 0.5) is 4.79 Å². The molecule has 0 saturated heterocycles. The molecule has 0 aliphatic heterocycles. The van der Waals surface area contributed by atoms with E-state index < -0.39 is 12.0 Å². The number of benzene rings is 1. The van der Waals surface area contributed by atoms with Crippen molar-refractivity contribution in [1.29, 1.82) is 0 Å². The summed E-state index contributed by atoms with van der Waals surface area (Å²) in [6, 6.07) is 12.6. The number of methoxy groups -OCH3 is 1. The van der Waals surface area contributed by atoms with Gasteiger partial charge in [0.15, 0.2) is 0 Å². The lowest BCUT2D eigenvalue weighted by atomic mass is 10.0. The second-order valence-electron chi connectivity index (χ2n) is 6.45. The highest BCUT2D eigenvalue weighted by Crippen LogP contribution is 2.34. The Hall–Kier alpha value is -3.09. The van der Waals surface area contributed by atoms with Crippen molar-refractivity contribution in [2.45, 2.75) is 38.2 Å². The third-order valence-electron chi connectivity index (χ3n) is 4.56. The maximum absolute atomic E-state index is 12.4. The number of hydrazine groups is 1. The third-order valence-corrected chi connectivity index (χ3v) is 4.56. The molecule has 3 rings (SSSR count). The molecule has 1 fully saturated rings. The Morgan fingerprint density at radius 2 is 1.85 bits per heavy atom. The fourth-order valence-electron chi connectivity index (χ4n) is 3.13. The van der Waals surface area contributed by atoms with Gasteiger partial charge in [-0.1, -0.05) is 43.2 Å². The highest BCUT2D eigenvalue weighted by molar-refractivity contribution is 5.95. The minimum Gasteiger partial charge on any atom is -0.481 e. The van der Waals surface area contributed by atoms with Gasteiger partial charge in [0.25, 0.3) is 5.91 Å². The summed E-state index contributed by atoms with van der Waals surface area (Å²) in [7, 11) is 1.52. The van der Waals surface area contributed by atoms with E-state index in [0.29, 0.717) is 17.4 Å². The van der Waals surface area contributed by atoms with Gasteiger partial charge in [-0.15, -0.1) is 0 Å². The fraction of sp³-hybridized carbons (Fsp3) is 0.350. The summed E-state index contributed by atoms with van der Waals surface area (Å²) in [5.74, 6) is 0.276. The third kappa shape index (κ3) is 5.20. The van der Waals surface area contributed by atoms with Gasteiger partial charge in [0.05, 0.1) is 7.11 Å². The van der Waals surface area contributed by atoms with E-state index in [4.69, 9.17) is 9.47 Å². The van der Waals surface area contributed by atoms with Gasteiger partial charge in [-0.2, -0.15) is 0 Å². The number of amides is 2. The number of aromatic nitrogens is 1. The minimum atomic E-state index is -0.732. The molecule has 27 heavy (non-hydrogen) atoms. The van der Waals surface area contributed by atoms with Gasteiger partial charge < -0.3 is 9.47 Å². The Balaban J connectivity index is 1.56. The van der Waals surface area contributed by atoms with Crippen LogP contribution in [0.25, 0.3) is 0 Å². The van der Waals surface area contributed by atoms with E-state index in [0.717, 1.165) is 24.1 Å². The molecule has 2 N–H and O–H groups in total. The zero-order valence-electron chi connectivity index (χ0n) is 15.2. The Bertz CT molecular complexity index is 789. The number of hydrogen-bond acceptors (Lipinski definition) is 5. The van der Waals surface area contributed by atoms with Crippen LogP contribution in [-0.4, -0.2) is 24.1 Å². The Morgan fingerprint density at radius 3 is 2.56 bits per heavy atom. The number of nitrogens with one attached hydrogen (secondary N) is 2. The molecule has 7 heteroatoms. The van der Waals surface area contributed by atoms with Crippen LogP contribution < -0.4 is 15.6 Å². The summed E-state index contributed by atoms with van der Waals surface area (Å²) in [6.45, 7) is 0.122. The van der Waals surface area contributed by atoms with Gasteiger partial charge in [-0.25, -0.2) is 15.2 Å². The molecule has 0 bridgehead atoms. The van der Waals surface area contributed by atoms with Crippen molar-refractivity contribution in [2.75, 3.05) is 7.11 Å². The van der Waals surface area contributed by atoms with Crippen molar-refractivity contribution in [3.63, 3.8) is 0 Å². The van der Waals surface area contributed by atoms with E-state index in [2.05, 4.69) is 15.8 Å². The number of nitrogens with zero attached hydrogens (tertiary/aromatic N) is 1. The number of hydrogen-bond donors (Lipinski definition) is 2. The van der Waals surface area contributed by atoms with Crippen LogP contribution in [0.5, 0.6) is 5.88 Å². The van der Waals surface area contributed by atoms with Gasteiger partial charge in [-0.3, -0.25) is 10.2 Å². The molecule has 0 spiro atoms. The van der Waals surface area contributed by atoms with Crippen LogP contribution in [0.1, 0.15) is 53.2 Å². The zero-order chi connectivity index (χ0) is 19.1. The molecular weight excluding hydrogens is 346 g/mol. The lowest BCUT2D eigenvalue weighted by Gasteiger charge is -2.13. The largest absolute Gasteiger partial charge is 0.481 e. The summed E-state index contributed by atoms with van der Waals surface area (Å²) in [5.41, 5.74) is 6.71. The van der Waals surface area contributed by atoms with Crippen molar-refractivity contribution < 1.29 is 19.1 Å². The second-order valence-corrected chi connectivity index (χ2v) is 6.45. The predicted octanol–water partition coefficient (Wildman–Crippen LogP) is 3.32. The van der Waals surface area contributed by atoms with Gasteiger partial charge in [0.2, 0.25) is 5.88 Å². The molecule has 2 amide bonds. The topological polar surface area (TPSA) is 89.6 Å². The number of pyridine rings is 1. The Labute approximate surface area is 158 Å². The summed E-state index contributed by atoms with van der Waals surface area (Å²) in [6.07, 6.45) is 3.72. The van der Waals surface area contributed by atoms with Gasteiger partial charge in [0.1, 0.15) is 6.61 Å². The summed E-state index contributed by atoms with van der Waals surface area (Å²) >= 11 is 0. The van der Waals surface area contributed by atoms with Crippen molar-refractivity contribution in [3.8, 4) is 5.88 Å². The Morgan fingerprint density at radius 1 is 1.11 bits per heavy atom. The van der Waals surface area contributed by atoms with Crippen LogP contribution >= 0.6 is 0 Å². The van der Waals surface area contributed by atoms with Crippen molar-refractivity contribution in [2.24, 2.45) is 0 Å².